The summed E-state index contributed by atoms with van der Waals surface area (Å²) in [6.07, 6.45) is 1.73. The van der Waals surface area contributed by atoms with E-state index in [0.29, 0.717) is 30.0 Å². The van der Waals surface area contributed by atoms with Crippen molar-refractivity contribution in [3.63, 3.8) is 0 Å². The van der Waals surface area contributed by atoms with Crippen LogP contribution in [0.25, 0.3) is 10.9 Å². The second kappa shape index (κ2) is 6.59. The van der Waals surface area contributed by atoms with E-state index >= 15 is 0 Å². The average molecular weight is 352 g/mol. The van der Waals surface area contributed by atoms with E-state index in [0.717, 1.165) is 11.1 Å². The SMILES string of the molecule is COc1ccccc1N1CC(Nc2ncnc3cc(F)ccc23)CC1=O. The molecule has 1 atom stereocenters. The summed E-state index contributed by atoms with van der Waals surface area (Å²) in [4.78, 5) is 22.6. The van der Waals surface area contributed by atoms with Crippen LogP contribution in [0.5, 0.6) is 5.75 Å². The largest absolute Gasteiger partial charge is 0.495 e. The van der Waals surface area contributed by atoms with Gasteiger partial charge in [-0.2, -0.15) is 0 Å². The number of ether oxygens (including phenoxy) is 1. The van der Waals surface area contributed by atoms with Gasteiger partial charge in [0.1, 0.15) is 23.7 Å². The first-order valence-corrected chi connectivity index (χ1v) is 8.26. The van der Waals surface area contributed by atoms with Crippen molar-refractivity contribution in [2.45, 2.75) is 12.5 Å². The molecule has 7 heteroatoms. The molecule has 0 saturated carbocycles. The molecule has 0 radical (unpaired) electrons. The summed E-state index contributed by atoms with van der Waals surface area (Å²) in [5.41, 5.74) is 1.27. The lowest BCUT2D eigenvalue weighted by atomic mass is 10.2. The Morgan fingerprint density at radius 2 is 2.08 bits per heavy atom. The molecule has 26 heavy (non-hydrogen) atoms. The van der Waals surface area contributed by atoms with E-state index in [9.17, 15) is 9.18 Å². The molecular formula is C19H17FN4O2. The number of nitrogens with zero attached hydrogens (tertiary/aromatic N) is 3. The zero-order valence-electron chi connectivity index (χ0n) is 14.1. The van der Waals surface area contributed by atoms with E-state index in [2.05, 4.69) is 15.3 Å². The van der Waals surface area contributed by atoms with Gasteiger partial charge in [0.2, 0.25) is 5.91 Å². The Hall–Kier alpha value is -3.22. The average Bonchev–Trinajstić information content (AvgIpc) is 3.01. The maximum absolute atomic E-state index is 13.4. The second-order valence-corrected chi connectivity index (χ2v) is 6.11. The number of carbonyl (C=O) groups excluding carboxylic acids is 1. The Bertz CT molecular complexity index is 979. The smallest absolute Gasteiger partial charge is 0.229 e. The summed E-state index contributed by atoms with van der Waals surface area (Å²) < 4.78 is 18.7. The van der Waals surface area contributed by atoms with Gasteiger partial charge < -0.3 is 15.0 Å². The normalized spacial score (nSPS) is 16.9. The molecule has 6 nitrogen and oxygen atoms in total. The van der Waals surface area contributed by atoms with Gasteiger partial charge in [0.05, 0.1) is 24.4 Å². The van der Waals surface area contributed by atoms with E-state index in [1.165, 1.54) is 18.5 Å². The number of aromatic nitrogens is 2. The zero-order chi connectivity index (χ0) is 18.1. The molecule has 2 heterocycles. The highest BCUT2D eigenvalue weighted by Crippen LogP contribution is 2.32. The molecule has 4 rings (SSSR count). The molecule has 1 aliphatic heterocycles. The van der Waals surface area contributed by atoms with Gasteiger partial charge in [-0.3, -0.25) is 4.79 Å². The molecule has 1 aliphatic rings. The molecule has 1 saturated heterocycles. The summed E-state index contributed by atoms with van der Waals surface area (Å²) in [6, 6.07) is 11.7. The van der Waals surface area contributed by atoms with Crippen molar-refractivity contribution in [2.75, 3.05) is 23.9 Å². The number of nitrogens with one attached hydrogen (secondary N) is 1. The standard InChI is InChI=1S/C19H17FN4O2/c1-26-17-5-3-2-4-16(17)24-10-13(9-18(24)25)23-19-14-7-6-12(20)8-15(14)21-11-22-19/h2-8,11,13H,9-10H2,1H3,(H,21,22,23). The third-order valence-corrected chi connectivity index (χ3v) is 4.44. The lowest BCUT2D eigenvalue weighted by Crippen LogP contribution is -2.28. The van der Waals surface area contributed by atoms with Gasteiger partial charge in [0, 0.05) is 24.4 Å². The first-order valence-electron chi connectivity index (χ1n) is 8.26. The molecule has 1 aromatic heterocycles. The lowest BCUT2D eigenvalue weighted by molar-refractivity contribution is -0.117. The minimum atomic E-state index is -0.347. The van der Waals surface area contributed by atoms with Crippen LogP contribution in [0, 0.1) is 5.82 Å². The van der Waals surface area contributed by atoms with Crippen LogP contribution < -0.4 is 15.0 Å². The minimum absolute atomic E-state index is 0.0106. The number of halogens is 1. The predicted octanol–water partition coefficient (Wildman–Crippen LogP) is 2.99. The van der Waals surface area contributed by atoms with Gasteiger partial charge in [-0.1, -0.05) is 12.1 Å². The summed E-state index contributed by atoms with van der Waals surface area (Å²) in [5, 5.41) is 4.01. The number of rotatable bonds is 4. The highest BCUT2D eigenvalue weighted by Gasteiger charge is 2.32. The fourth-order valence-electron chi connectivity index (χ4n) is 3.23. The molecular weight excluding hydrogens is 335 g/mol. The first-order chi connectivity index (χ1) is 12.7. The molecule has 0 aliphatic carbocycles. The van der Waals surface area contributed by atoms with E-state index in [4.69, 9.17) is 4.74 Å². The highest BCUT2D eigenvalue weighted by atomic mass is 19.1. The molecule has 1 fully saturated rings. The minimum Gasteiger partial charge on any atom is -0.495 e. The third kappa shape index (κ3) is 2.92. The summed E-state index contributed by atoms with van der Waals surface area (Å²) >= 11 is 0. The highest BCUT2D eigenvalue weighted by molar-refractivity contribution is 5.98. The molecule has 1 N–H and O–H groups in total. The Morgan fingerprint density at radius 1 is 1.23 bits per heavy atom. The van der Waals surface area contributed by atoms with Crippen LogP contribution >= 0.6 is 0 Å². The van der Waals surface area contributed by atoms with Crippen LogP contribution in [0.2, 0.25) is 0 Å². The number of methoxy groups -OCH3 is 1. The van der Waals surface area contributed by atoms with E-state index in [-0.39, 0.29) is 17.8 Å². The Morgan fingerprint density at radius 3 is 2.92 bits per heavy atom. The summed E-state index contributed by atoms with van der Waals surface area (Å²) in [5.74, 6) is 0.913. The molecule has 0 spiro atoms. The molecule has 132 valence electrons. The Kier molecular flexibility index (Phi) is 4.12. The maximum atomic E-state index is 13.4. The van der Waals surface area contributed by atoms with Gasteiger partial charge >= 0.3 is 0 Å². The van der Waals surface area contributed by atoms with Crippen LogP contribution in [0.15, 0.2) is 48.8 Å². The number of benzene rings is 2. The number of hydrogen-bond donors (Lipinski definition) is 1. The topological polar surface area (TPSA) is 67.3 Å². The number of anilines is 2. The summed E-state index contributed by atoms with van der Waals surface area (Å²) in [6.45, 7) is 0.492. The lowest BCUT2D eigenvalue weighted by Gasteiger charge is -2.20. The molecule has 3 aromatic rings. The summed E-state index contributed by atoms with van der Waals surface area (Å²) in [7, 11) is 1.58. The molecule has 1 amide bonds. The monoisotopic (exact) mass is 352 g/mol. The fourth-order valence-corrected chi connectivity index (χ4v) is 3.23. The van der Waals surface area contributed by atoms with Crippen LogP contribution in [0.3, 0.4) is 0 Å². The van der Waals surface area contributed by atoms with Gasteiger partial charge in [0.15, 0.2) is 0 Å². The van der Waals surface area contributed by atoms with Crippen LogP contribution in [-0.4, -0.2) is 35.6 Å². The Balaban J connectivity index is 1.59. The van der Waals surface area contributed by atoms with Gasteiger partial charge in [-0.25, -0.2) is 14.4 Å². The van der Waals surface area contributed by atoms with Gasteiger partial charge in [-0.05, 0) is 24.3 Å². The van der Waals surface area contributed by atoms with Crippen molar-refractivity contribution in [3.05, 3.63) is 54.6 Å². The van der Waals surface area contributed by atoms with Crippen molar-refractivity contribution in [1.82, 2.24) is 9.97 Å². The number of fused-ring (bicyclic) bond motifs is 1. The molecule has 1 unspecified atom stereocenters. The zero-order valence-corrected chi connectivity index (χ0v) is 14.1. The van der Waals surface area contributed by atoms with Crippen molar-refractivity contribution < 1.29 is 13.9 Å². The predicted molar refractivity (Wildman–Crippen MR) is 96.9 cm³/mol. The van der Waals surface area contributed by atoms with Crippen LogP contribution in [0.4, 0.5) is 15.9 Å². The van der Waals surface area contributed by atoms with Crippen molar-refractivity contribution in [3.8, 4) is 5.75 Å². The first kappa shape index (κ1) is 16.3. The van der Waals surface area contributed by atoms with Crippen LogP contribution in [-0.2, 0) is 4.79 Å². The van der Waals surface area contributed by atoms with Crippen molar-refractivity contribution in [1.29, 1.82) is 0 Å². The van der Waals surface area contributed by atoms with Crippen LogP contribution in [0.1, 0.15) is 6.42 Å². The number of amides is 1. The van der Waals surface area contributed by atoms with E-state index in [1.807, 2.05) is 24.3 Å². The number of hydrogen-bond acceptors (Lipinski definition) is 5. The number of carbonyl (C=O) groups is 1. The fraction of sp³-hybridized carbons (Fsp3) is 0.211. The second-order valence-electron chi connectivity index (χ2n) is 6.11. The maximum Gasteiger partial charge on any atom is 0.229 e. The van der Waals surface area contributed by atoms with Crippen molar-refractivity contribution >= 4 is 28.3 Å². The van der Waals surface area contributed by atoms with Gasteiger partial charge in [0.25, 0.3) is 0 Å². The Labute approximate surface area is 149 Å². The van der Waals surface area contributed by atoms with E-state index < -0.39 is 0 Å². The molecule has 2 aromatic carbocycles. The number of para-hydroxylation sites is 2. The third-order valence-electron chi connectivity index (χ3n) is 4.44. The van der Waals surface area contributed by atoms with Crippen molar-refractivity contribution in [2.24, 2.45) is 0 Å². The quantitative estimate of drug-likeness (QED) is 0.782. The van der Waals surface area contributed by atoms with E-state index in [1.54, 1.807) is 18.1 Å². The van der Waals surface area contributed by atoms with Gasteiger partial charge in [-0.15, -0.1) is 0 Å². The molecule has 0 bridgehead atoms.